The van der Waals surface area contributed by atoms with Crippen LogP contribution in [0.1, 0.15) is 84.1 Å². The van der Waals surface area contributed by atoms with Crippen molar-refractivity contribution in [1.82, 2.24) is 0 Å². The molecule has 0 bridgehead atoms. The molecule has 0 saturated carbocycles. The van der Waals surface area contributed by atoms with Gasteiger partial charge in [0, 0.05) is 5.56 Å². The van der Waals surface area contributed by atoms with Gasteiger partial charge in [-0.3, -0.25) is 0 Å². The maximum atomic E-state index is 6.15. The highest BCUT2D eigenvalue weighted by atomic mass is 16.5. The van der Waals surface area contributed by atoms with E-state index >= 15 is 0 Å². The summed E-state index contributed by atoms with van der Waals surface area (Å²) in [5.41, 5.74) is 5.89. The van der Waals surface area contributed by atoms with Crippen molar-refractivity contribution in [2.45, 2.75) is 86.0 Å². The summed E-state index contributed by atoms with van der Waals surface area (Å²) < 4.78 is 6.15. The average molecular weight is 290 g/mol. The first-order chi connectivity index (χ1) is 9.54. The minimum atomic E-state index is 0.0977. The maximum absolute atomic E-state index is 6.15. The zero-order valence-electron chi connectivity index (χ0n) is 15.6. The summed E-state index contributed by atoms with van der Waals surface area (Å²) in [6.45, 7) is 21.2. The van der Waals surface area contributed by atoms with E-state index < -0.39 is 0 Å². The standard InChI is InChI=1S/C20H34O/c1-10-12-21-18-14(3)13-16(19(4,5)6)15(11-2)17(18)20(7,8)9/h13H,10-12H2,1-9H3. The zero-order valence-corrected chi connectivity index (χ0v) is 15.6. The van der Waals surface area contributed by atoms with Crippen molar-refractivity contribution in [1.29, 1.82) is 0 Å². The van der Waals surface area contributed by atoms with Gasteiger partial charge in [0.1, 0.15) is 5.75 Å². The first-order valence-corrected chi connectivity index (χ1v) is 8.34. The zero-order chi connectivity index (χ0) is 16.4. The molecule has 0 spiro atoms. The Morgan fingerprint density at radius 2 is 1.52 bits per heavy atom. The molecule has 0 heterocycles. The van der Waals surface area contributed by atoms with Crippen LogP contribution in [0.15, 0.2) is 6.07 Å². The van der Waals surface area contributed by atoms with Crippen molar-refractivity contribution < 1.29 is 4.74 Å². The van der Waals surface area contributed by atoms with Gasteiger partial charge in [0.05, 0.1) is 6.61 Å². The van der Waals surface area contributed by atoms with E-state index in [2.05, 4.69) is 68.4 Å². The molecule has 120 valence electrons. The van der Waals surface area contributed by atoms with Crippen molar-refractivity contribution in [3.63, 3.8) is 0 Å². The normalized spacial score (nSPS) is 12.6. The van der Waals surface area contributed by atoms with Crippen molar-refractivity contribution in [2.75, 3.05) is 6.61 Å². The molecule has 0 N–H and O–H groups in total. The Labute approximate surface area is 132 Å². The van der Waals surface area contributed by atoms with Gasteiger partial charge in [0.25, 0.3) is 0 Å². The Morgan fingerprint density at radius 3 is 1.90 bits per heavy atom. The Kier molecular flexibility index (Phi) is 5.52. The predicted molar refractivity (Wildman–Crippen MR) is 93.7 cm³/mol. The number of ether oxygens (including phenoxy) is 1. The van der Waals surface area contributed by atoms with E-state index in [-0.39, 0.29) is 10.8 Å². The number of aryl methyl sites for hydroxylation is 1. The molecule has 0 radical (unpaired) electrons. The van der Waals surface area contributed by atoms with Gasteiger partial charge in [-0.1, -0.05) is 61.5 Å². The van der Waals surface area contributed by atoms with Crippen molar-refractivity contribution >= 4 is 0 Å². The lowest BCUT2D eigenvalue weighted by atomic mass is 9.74. The summed E-state index contributed by atoms with van der Waals surface area (Å²) in [5.74, 6) is 1.12. The highest BCUT2D eigenvalue weighted by Crippen LogP contribution is 2.42. The van der Waals surface area contributed by atoms with Gasteiger partial charge in [0.2, 0.25) is 0 Å². The third-order valence-electron chi connectivity index (χ3n) is 3.94. The first-order valence-electron chi connectivity index (χ1n) is 8.34. The highest BCUT2D eigenvalue weighted by Gasteiger charge is 2.29. The maximum Gasteiger partial charge on any atom is 0.126 e. The topological polar surface area (TPSA) is 9.23 Å². The molecule has 0 aliphatic carbocycles. The lowest BCUT2D eigenvalue weighted by molar-refractivity contribution is 0.305. The molecule has 1 rings (SSSR count). The fraction of sp³-hybridized carbons (Fsp3) is 0.700. The van der Waals surface area contributed by atoms with Crippen LogP contribution in [-0.2, 0) is 17.3 Å². The number of hydrogen-bond acceptors (Lipinski definition) is 1. The van der Waals surface area contributed by atoms with E-state index in [1.807, 2.05) is 0 Å². The minimum Gasteiger partial charge on any atom is -0.493 e. The van der Waals surface area contributed by atoms with E-state index in [4.69, 9.17) is 4.74 Å². The lowest BCUT2D eigenvalue weighted by Crippen LogP contribution is -2.23. The van der Waals surface area contributed by atoms with Gasteiger partial charge in [-0.25, -0.2) is 0 Å². The molecule has 0 atom stereocenters. The van der Waals surface area contributed by atoms with Crippen molar-refractivity contribution in [3.05, 3.63) is 28.3 Å². The molecular formula is C20H34O. The van der Waals surface area contributed by atoms with E-state index in [1.54, 1.807) is 0 Å². The molecule has 21 heavy (non-hydrogen) atoms. The van der Waals surface area contributed by atoms with E-state index in [0.717, 1.165) is 25.2 Å². The molecule has 0 fully saturated rings. The molecular weight excluding hydrogens is 256 g/mol. The van der Waals surface area contributed by atoms with Crippen LogP contribution in [0.25, 0.3) is 0 Å². The van der Waals surface area contributed by atoms with Crippen LogP contribution in [0, 0.1) is 6.92 Å². The molecule has 0 aromatic heterocycles. The minimum absolute atomic E-state index is 0.0977. The highest BCUT2D eigenvalue weighted by molar-refractivity contribution is 5.55. The van der Waals surface area contributed by atoms with E-state index in [9.17, 15) is 0 Å². The van der Waals surface area contributed by atoms with Gasteiger partial charge in [-0.2, -0.15) is 0 Å². The molecule has 1 aromatic carbocycles. The van der Waals surface area contributed by atoms with Crippen LogP contribution in [-0.4, -0.2) is 6.61 Å². The summed E-state index contributed by atoms with van der Waals surface area (Å²) in [4.78, 5) is 0. The van der Waals surface area contributed by atoms with Gasteiger partial charge >= 0.3 is 0 Å². The van der Waals surface area contributed by atoms with Crippen LogP contribution >= 0.6 is 0 Å². The van der Waals surface area contributed by atoms with Crippen LogP contribution in [0.4, 0.5) is 0 Å². The smallest absolute Gasteiger partial charge is 0.126 e. The average Bonchev–Trinajstić information content (AvgIpc) is 2.33. The molecule has 0 unspecified atom stereocenters. The third kappa shape index (κ3) is 4.02. The summed E-state index contributed by atoms with van der Waals surface area (Å²) in [5, 5.41) is 0. The van der Waals surface area contributed by atoms with E-state index in [1.165, 1.54) is 22.3 Å². The van der Waals surface area contributed by atoms with E-state index in [0.29, 0.717) is 0 Å². The SMILES string of the molecule is CCCOc1c(C)cc(C(C)(C)C)c(CC)c1C(C)(C)C. The second-order valence-corrected chi connectivity index (χ2v) is 8.13. The Balaban J connectivity index is 3.68. The van der Waals surface area contributed by atoms with Crippen LogP contribution in [0.3, 0.4) is 0 Å². The molecule has 1 nitrogen and oxygen atoms in total. The Hall–Kier alpha value is -0.980. The molecule has 0 aliphatic rings. The van der Waals surface area contributed by atoms with Crippen LogP contribution in [0.5, 0.6) is 5.75 Å². The number of hydrogen-bond donors (Lipinski definition) is 0. The number of rotatable bonds is 4. The summed E-state index contributed by atoms with van der Waals surface area (Å²) in [6.07, 6.45) is 2.10. The second kappa shape index (κ2) is 6.42. The Morgan fingerprint density at radius 1 is 0.952 bits per heavy atom. The predicted octanol–water partition coefficient (Wildman–Crippen LogP) is 5.94. The largest absolute Gasteiger partial charge is 0.493 e. The Bertz CT molecular complexity index is 484. The third-order valence-corrected chi connectivity index (χ3v) is 3.94. The van der Waals surface area contributed by atoms with Gasteiger partial charge in [-0.05, 0) is 47.3 Å². The fourth-order valence-corrected chi connectivity index (χ4v) is 3.06. The number of benzene rings is 1. The van der Waals surface area contributed by atoms with Crippen molar-refractivity contribution in [3.8, 4) is 5.75 Å². The van der Waals surface area contributed by atoms with Gasteiger partial charge < -0.3 is 4.74 Å². The van der Waals surface area contributed by atoms with Gasteiger partial charge in [-0.15, -0.1) is 0 Å². The summed E-state index contributed by atoms with van der Waals surface area (Å²) in [6, 6.07) is 2.35. The quantitative estimate of drug-likeness (QED) is 0.666. The molecule has 0 aliphatic heterocycles. The van der Waals surface area contributed by atoms with Gasteiger partial charge in [0.15, 0.2) is 0 Å². The molecule has 0 amide bonds. The fourth-order valence-electron chi connectivity index (χ4n) is 3.06. The molecule has 0 saturated heterocycles. The molecule has 1 heteroatoms. The summed E-state index contributed by atoms with van der Waals surface area (Å²) in [7, 11) is 0. The van der Waals surface area contributed by atoms with Crippen LogP contribution < -0.4 is 4.74 Å². The first kappa shape index (κ1) is 18.1. The summed E-state index contributed by atoms with van der Waals surface area (Å²) >= 11 is 0. The van der Waals surface area contributed by atoms with Crippen LogP contribution in [0.2, 0.25) is 0 Å². The monoisotopic (exact) mass is 290 g/mol. The second-order valence-electron chi connectivity index (χ2n) is 8.13. The molecule has 1 aromatic rings. The van der Waals surface area contributed by atoms with Crippen molar-refractivity contribution in [2.24, 2.45) is 0 Å². The lowest BCUT2D eigenvalue weighted by Gasteiger charge is -2.33.